The number of H-pyrrole nitrogens is 1. The molecule has 1 aliphatic heterocycles. The molecule has 12 heteroatoms. The summed E-state index contributed by atoms with van der Waals surface area (Å²) >= 11 is 0. The Balaban J connectivity index is 1.22. The van der Waals surface area contributed by atoms with Gasteiger partial charge in [0, 0.05) is 12.4 Å². The SMILES string of the molecule is O=C1CN(c2cncc(C(F)(F)F)c2)C(=O)N1C12CCC(Oc3ncnc4[nH]ccc34)(CC1)CC2. The van der Waals surface area contributed by atoms with Crippen molar-refractivity contribution in [2.75, 3.05) is 11.4 Å². The number of fused-ring (bicyclic) bond motifs is 4. The third kappa shape index (κ3) is 3.41. The number of hydrogen-bond acceptors (Lipinski definition) is 6. The van der Waals surface area contributed by atoms with Crippen LogP contribution in [0.2, 0.25) is 0 Å². The highest BCUT2D eigenvalue weighted by atomic mass is 19.4. The number of ether oxygens (including phenoxy) is 1. The predicted molar refractivity (Wildman–Crippen MR) is 117 cm³/mol. The fourth-order valence-electron chi connectivity index (χ4n) is 5.66. The molecular formula is C23H21F3N6O3. The molecule has 1 saturated heterocycles. The summed E-state index contributed by atoms with van der Waals surface area (Å²) < 4.78 is 45.8. The van der Waals surface area contributed by atoms with Crippen molar-refractivity contribution in [3.05, 3.63) is 42.6 Å². The minimum Gasteiger partial charge on any atom is -0.470 e. The van der Waals surface area contributed by atoms with E-state index in [0.29, 0.717) is 56.2 Å². The molecule has 3 aromatic rings. The minimum absolute atomic E-state index is 0.0411. The number of rotatable bonds is 4. The van der Waals surface area contributed by atoms with Crippen LogP contribution in [-0.4, -0.2) is 54.5 Å². The van der Waals surface area contributed by atoms with Crippen molar-refractivity contribution in [2.24, 2.45) is 0 Å². The maximum atomic E-state index is 13.3. The van der Waals surface area contributed by atoms with Crippen LogP contribution in [0.3, 0.4) is 0 Å². The van der Waals surface area contributed by atoms with Gasteiger partial charge in [0.05, 0.1) is 28.4 Å². The van der Waals surface area contributed by atoms with Gasteiger partial charge < -0.3 is 9.72 Å². The first kappa shape index (κ1) is 21.8. The number of carbonyl (C=O) groups is 2. The van der Waals surface area contributed by atoms with E-state index < -0.39 is 34.8 Å². The van der Waals surface area contributed by atoms with Gasteiger partial charge in [0.25, 0.3) is 5.91 Å². The number of pyridine rings is 1. The van der Waals surface area contributed by atoms with Crippen LogP contribution >= 0.6 is 0 Å². The summed E-state index contributed by atoms with van der Waals surface area (Å²) in [5.74, 6) is 0.0924. The van der Waals surface area contributed by atoms with Gasteiger partial charge in [0.1, 0.15) is 24.1 Å². The highest BCUT2D eigenvalue weighted by Gasteiger charge is 2.58. The first-order valence-electron chi connectivity index (χ1n) is 11.3. The van der Waals surface area contributed by atoms with Crippen LogP contribution in [0.5, 0.6) is 5.88 Å². The summed E-state index contributed by atoms with van der Waals surface area (Å²) in [6, 6.07) is 2.11. The van der Waals surface area contributed by atoms with E-state index in [1.807, 2.05) is 6.07 Å². The number of nitrogens with one attached hydrogen (secondary N) is 1. The zero-order chi connectivity index (χ0) is 24.4. The Hall–Kier alpha value is -3.70. The van der Waals surface area contributed by atoms with Crippen LogP contribution in [0.4, 0.5) is 23.7 Å². The zero-order valence-corrected chi connectivity index (χ0v) is 18.5. The summed E-state index contributed by atoms with van der Waals surface area (Å²) in [6.07, 6.45) is 4.05. The first-order chi connectivity index (χ1) is 16.7. The van der Waals surface area contributed by atoms with Crippen LogP contribution in [0.25, 0.3) is 11.0 Å². The Morgan fingerprint density at radius 2 is 1.77 bits per heavy atom. The molecule has 3 aromatic heterocycles. The topological polar surface area (TPSA) is 104 Å². The van der Waals surface area contributed by atoms with E-state index in [1.54, 1.807) is 6.20 Å². The molecule has 0 aromatic carbocycles. The lowest BCUT2D eigenvalue weighted by molar-refractivity contribution is -0.139. The summed E-state index contributed by atoms with van der Waals surface area (Å²) in [7, 11) is 0. The van der Waals surface area contributed by atoms with E-state index in [2.05, 4.69) is 19.9 Å². The lowest BCUT2D eigenvalue weighted by atomic mass is 9.62. The van der Waals surface area contributed by atoms with Gasteiger partial charge in [-0.1, -0.05) is 0 Å². The molecule has 4 heterocycles. The smallest absolute Gasteiger partial charge is 0.417 e. The van der Waals surface area contributed by atoms with Gasteiger partial charge in [-0.05, 0) is 50.7 Å². The largest absolute Gasteiger partial charge is 0.470 e. The molecule has 2 bridgehead atoms. The first-order valence-corrected chi connectivity index (χ1v) is 11.3. The number of amides is 3. The van der Waals surface area contributed by atoms with Gasteiger partial charge in [-0.2, -0.15) is 13.2 Å². The number of alkyl halides is 3. The Bertz CT molecular complexity index is 1310. The van der Waals surface area contributed by atoms with E-state index in [-0.39, 0.29) is 12.2 Å². The van der Waals surface area contributed by atoms with E-state index >= 15 is 0 Å². The molecule has 9 nitrogen and oxygen atoms in total. The second kappa shape index (κ2) is 7.40. The maximum Gasteiger partial charge on any atom is 0.417 e. The molecule has 0 spiro atoms. The molecule has 182 valence electrons. The third-order valence-electron chi connectivity index (χ3n) is 7.57. The summed E-state index contributed by atoms with van der Waals surface area (Å²) in [4.78, 5) is 43.8. The van der Waals surface area contributed by atoms with Crippen LogP contribution in [0.15, 0.2) is 37.1 Å². The van der Waals surface area contributed by atoms with Crippen molar-refractivity contribution in [3.63, 3.8) is 0 Å². The number of hydrogen-bond donors (Lipinski definition) is 1. The zero-order valence-electron chi connectivity index (χ0n) is 18.5. The quantitative estimate of drug-likeness (QED) is 0.558. The van der Waals surface area contributed by atoms with Gasteiger partial charge in [-0.3, -0.25) is 19.6 Å². The molecule has 7 rings (SSSR count). The lowest BCUT2D eigenvalue weighted by Gasteiger charge is -2.55. The van der Waals surface area contributed by atoms with Crippen molar-refractivity contribution in [2.45, 2.75) is 55.8 Å². The third-order valence-corrected chi connectivity index (χ3v) is 7.57. The average Bonchev–Trinajstić information content (AvgIpc) is 3.45. The molecule has 3 aliphatic carbocycles. The van der Waals surface area contributed by atoms with E-state index in [0.717, 1.165) is 16.4 Å². The molecule has 1 N–H and O–H groups in total. The van der Waals surface area contributed by atoms with Crippen LogP contribution < -0.4 is 9.64 Å². The molecule has 3 saturated carbocycles. The minimum atomic E-state index is -4.60. The van der Waals surface area contributed by atoms with Crippen LogP contribution in [0, 0.1) is 0 Å². The lowest BCUT2D eigenvalue weighted by Crippen LogP contribution is -2.62. The van der Waals surface area contributed by atoms with Gasteiger partial charge in [-0.25, -0.2) is 14.8 Å². The highest BCUT2D eigenvalue weighted by molar-refractivity contribution is 6.12. The van der Waals surface area contributed by atoms with Crippen LogP contribution in [0.1, 0.15) is 44.1 Å². The number of urea groups is 1. The van der Waals surface area contributed by atoms with E-state index in [1.165, 1.54) is 17.4 Å². The van der Waals surface area contributed by atoms with Crippen molar-refractivity contribution in [3.8, 4) is 5.88 Å². The molecule has 4 aliphatic rings. The Kier molecular flexibility index (Phi) is 4.61. The molecule has 4 fully saturated rings. The normalized spacial score (nSPS) is 26.7. The summed E-state index contributed by atoms with van der Waals surface area (Å²) in [5, 5.41) is 0.791. The molecule has 0 unspecified atom stereocenters. The average molecular weight is 486 g/mol. The van der Waals surface area contributed by atoms with Gasteiger partial charge in [-0.15, -0.1) is 0 Å². The maximum absolute atomic E-state index is 13.3. The van der Waals surface area contributed by atoms with Crippen LogP contribution in [-0.2, 0) is 11.0 Å². The Morgan fingerprint density at radius 1 is 1.03 bits per heavy atom. The number of anilines is 1. The second-order valence-electron chi connectivity index (χ2n) is 9.46. The number of nitrogens with zero attached hydrogens (tertiary/aromatic N) is 5. The van der Waals surface area contributed by atoms with Crippen molar-refractivity contribution in [1.82, 2.24) is 24.8 Å². The number of carbonyl (C=O) groups excluding carboxylic acids is 2. The van der Waals surface area contributed by atoms with E-state index in [4.69, 9.17) is 4.74 Å². The number of halogens is 3. The Labute approximate surface area is 197 Å². The van der Waals surface area contributed by atoms with Crippen molar-refractivity contribution >= 4 is 28.7 Å². The summed E-state index contributed by atoms with van der Waals surface area (Å²) in [5.41, 5.74) is -1.44. The standard InChI is InChI=1S/C23H21F3N6O3/c24-23(25,26)14-9-15(11-27-10-14)31-12-17(33)32(20(31)34)21-2-5-22(6-3-21,7-4-21)35-19-16-1-8-28-18(16)29-13-30-19/h1,8-11,13H,2-7,12H2,(H,28,29,30). The second-order valence-corrected chi connectivity index (χ2v) is 9.46. The molecule has 3 amide bonds. The molecule has 0 atom stereocenters. The number of aromatic amines is 1. The van der Waals surface area contributed by atoms with Gasteiger partial charge in [0.2, 0.25) is 5.88 Å². The fraction of sp³-hybridized carbons (Fsp3) is 0.435. The number of aromatic nitrogens is 4. The monoisotopic (exact) mass is 486 g/mol. The summed E-state index contributed by atoms with van der Waals surface area (Å²) in [6.45, 7) is -0.308. The molecule has 35 heavy (non-hydrogen) atoms. The fourth-order valence-corrected chi connectivity index (χ4v) is 5.66. The predicted octanol–water partition coefficient (Wildman–Crippen LogP) is 4.06. The van der Waals surface area contributed by atoms with E-state index in [9.17, 15) is 22.8 Å². The van der Waals surface area contributed by atoms with Crippen molar-refractivity contribution < 1.29 is 27.5 Å². The molecular weight excluding hydrogens is 465 g/mol. The van der Waals surface area contributed by atoms with Crippen molar-refractivity contribution in [1.29, 1.82) is 0 Å². The highest BCUT2D eigenvalue weighted by Crippen LogP contribution is 2.53. The van der Waals surface area contributed by atoms with Gasteiger partial charge >= 0.3 is 12.2 Å². The van der Waals surface area contributed by atoms with Gasteiger partial charge in [0.15, 0.2) is 0 Å². The number of imide groups is 1. The Morgan fingerprint density at radius 3 is 2.49 bits per heavy atom. The molecule has 0 radical (unpaired) electrons.